The van der Waals surface area contributed by atoms with Crippen LogP contribution in [0, 0.1) is 11.3 Å². The molecule has 0 amide bonds. The summed E-state index contributed by atoms with van der Waals surface area (Å²) in [5, 5.41) is 8.38. The van der Waals surface area contributed by atoms with Gasteiger partial charge in [-0.05, 0) is 19.9 Å². The summed E-state index contributed by atoms with van der Waals surface area (Å²) in [6, 6.07) is 2.73. The molecule has 54 valence electrons. The van der Waals surface area contributed by atoms with E-state index in [1.165, 1.54) is 0 Å². The molecule has 0 aromatic rings. The molecule has 0 aromatic carbocycles. The van der Waals surface area contributed by atoms with Crippen molar-refractivity contribution in [1.82, 2.24) is 4.90 Å². The van der Waals surface area contributed by atoms with Gasteiger partial charge in [0.2, 0.25) is 0 Å². The molecule has 1 aliphatic carbocycles. The zero-order chi connectivity index (χ0) is 7.40. The predicted molar refractivity (Wildman–Crippen MR) is 40.4 cm³/mol. The molecule has 0 fully saturated rings. The van der Waals surface area contributed by atoms with Crippen LogP contribution in [0.1, 0.15) is 12.8 Å². The van der Waals surface area contributed by atoms with Crippen LogP contribution in [0.4, 0.5) is 0 Å². The Bertz CT molecular complexity index is 159. The highest BCUT2D eigenvalue weighted by Gasteiger charge is 2.14. The van der Waals surface area contributed by atoms with E-state index in [0.29, 0.717) is 12.6 Å². The number of hydrogen-bond acceptors (Lipinski definition) is 2. The Morgan fingerprint density at radius 2 is 2.20 bits per heavy atom. The summed E-state index contributed by atoms with van der Waals surface area (Å²) in [7, 11) is 2.00. The molecule has 0 aromatic heterocycles. The summed E-state index contributed by atoms with van der Waals surface area (Å²) in [5.41, 5.74) is 0. The van der Waals surface area contributed by atoms with Gasteiger partial charge in [-0.15, -0.1) is 0 Å². The van der Waals surface area contributed by atoms with E-state index < -0.39 is 0 Å². The Balaban J connectivity index is 2.29. The monoisotopic (exact) mass is 136 g/mol. The molecule has 0 unspecified atom stereocenters. The van der Waals surface area contributed by atoms with E-state index in [2.05, 4.69) is 23.1 Å². The molecule has 1 rings (SSSR count). The van der Waals surface area contributed by atoms with Gasteiger partial charge in [0.25, 0.3) is 0 Å². The molecule has 10 heavy (non-hydrogen) atoms. The van der Waals surface area contributed by atoms with Crippen molar-refractivity contribution in [3.8, 4) is 6.07 Å². The molecule has 0 heterocycles. The second kappa shape index (κ2) is 3.38. The molecule has 0 saturated heterocycles. The lowest BCUT2D eigenvalue weighted by Crippen LogP contribution is -2.29. The summed E-state index contributed by atoms with van der Waals surface area (Å²) in [6.45, 7) is 0.548. The van der Waals surface area contributed by atoms with Gasteiger partial charge in [-0.1, -0.05) is 12.2 Å². The molecule has 0 bridgehead atoms. The quantitative estimate of drug-likeness (QED) is 0.420. The minimum absolute atomic E-state index is 0.548. The first-order chi connectivity index (χ1) is 4.84. The lowest BCUT2D eigenvalue weighted by Gasteiger charge is -2.20. The second-order valence-corrected chi connectivity index (χ2v) is 2.67. The Morgan fingerprint density at radius 1 is 1.60 bits per heavy atom. The number of nitriles is 1. The topological polar surface area (TPSA) is 27.0 Å². The summed E-state index contributed by atoms with van der Waals surface area (Å²) < 4.78 is 0. The predicted octanol–water partition coefficient (Wildman–Crippen LogP) is 1.16. The highest BCUT2D eigenvalue weighted by molar-refractivity contribution is 4.99. The maximum Gasteiger partial charge on any atom is 0.0866 e. The lowest BCUT2D eigenvalue weighted by atomic mass is 10.2. The fourth-order valence-electron chi connectivity index (χ4n) is 1.20. The molecule has 2 nitrogen and oxygen atoms in total. The Morgan fingerprint density at radius 3 is 2.70 bits per heavy atom. The van der Waals surface area contributed by atoms with Crippen molar-refractivity contribution in [2.45, 2.75) is 18.9 Å². The van der Waals surface area contributed by atoms with Crippen LogP contribution in [0.3, 0.4) is 0 Å². The van der Waals surface area contributed by atoms with Crippen LogP contribution in [-0.4, -0.2) is 24.5 Å². The average molecular weight is 136 g/mol. The first kappa shape index (κ1) is 7.30. The van der Waals surface area contributed by atoms with E-state index in [1.807, 2.05) is 7.05 Å². The van der Waals surface area contributed by atoms with Crippen molar-refractivity contribution in [1.29, 1.82) is 5.26 Å². The number of nitrogens with zero attached hydrogens (tertiary/aromatic N) is 2. The molecule has 0 aliphatic heterocycles. The van der Waals surface area contributed by atoms with E-state index in [9.17, 15) is 0 Å². The number of hydrogen-bond donors (Lipinski definition) is 0. The third-order valence-electron chi connectivity index (χ3n) is 1.93. The van der Waals surface area contributed by atoms with Crippen molar-refractivity contribution in [3.63, 3.8) is 0 Å². The van der Waals surface area contributed by atoms with Crippen LogP contribution in [0.15, 0.2) is 12.2 Å². The van der Waals surface area contributed by atoms with Gasteiger partial charge in [-0.3, -0.25) is 4.90 Å². The minimum Gasteiger partial charge on any atom is -0.290 e. The van der Waals surface area contributed by atoms with Gasteiger partial charge in [0.05, 0.1) is 12.6 Å². The second-order valence-electron chi connectivity index (χ2n) is 2.67. The van der Waals surface area contributed by atoms with Gasteiger partial charge in [0.15, 0.2) is 0 Å². The summed E-state index contributed by atoms with van der Waals surface area (Å²) in [4.78, 5) is 2.10. The lowest BCUT2D eigenvalue weighted by molar-refractivity contribution is 0.280. The molecule has 0 atom stereocenters. The van der Waals surface area contributed by atoms with Gasteiger partial charge < -0.3 is 0 Å². The zero-order valence-electron chi connectivity index (χ0n) is 6.25. The van der Waals surface area contributed by atoms with E-state index in [4.69, 9.17) is 5.26 Å². The van der Waals surface area contributed by atoms with Crippen molar-refractivity contribution < 1.29 is 0 Å². The van der Waals surface area contributed by atoms with Crippen molar-refractivity contribution >= 4 is 0 Å². The molecular formula is C8H12N2. The van der Waals surface area contributed by atoms with Crippen LogP contribution in [0.5, 0.6) is 0 Å². The van der Waals surface area contributed by atoms with Gasteiger partial charge in [0.1, 0.15) is 0 Å². The zero-order valence-corrected chi connectivity index (χ0v) is 6.25. The van der Waals surface area contributed by atoms with Crippen LogP contribution < -0.4 is 0 Å². The number of rotatable bonds is 2. The first-order valence-corrected chi connectivity index (χ1v) is 3.57. The maximum atomic E-state index is 8.38. The van der Waals surface area contributed by atoms with E-state index in [1.54, 1.807) is 0 Å². The average Bonchev–Trinajstić information content (AvgIpc) is 2.38. The van der Waals surface area contributed by atoms with Crippen LogP contribution in [0.2, 0.25) is 0 Å². The van der Waals surface area contributed by atoms with Gasteiger partial charge >= 0.3 is 0 Å². The minimum atomic E-state index is 0.548. The fraction of sp³-hybridized carbons (Fsp3) is 0.625. The fourth-order valence-corrected chi connectivity index (χ4v) is 1.20. The maximum absolute atomic E-state index is 8.38. The third-order valence-corrected chi connectivity index (χ3v) is 1.93. The summed E-state index contributed by atoms with van der Waals surface area (Å²) in [6.07, 6.45) is 6.58. The Labute approximate surface area is 61.8 Å². The Kier molecular flexibility index (Phi) is 2.47. The van der Waals surface area contributed by atoms with Crippen LogP contribution in [0.25, 0.3) is 0 Å². The molecule has 0 N–H and O–H groups in total. The smallest absolute Gasteiger partial charge is 0.0866 e. The van der Waals surface area contributed by atoms with Crippen molar-refractivity contribution in [2.24, 2.45) is 0 Å². The van der Waals surface area contributed by atoms with Crippen molar-refractivity contribution in [3.05, 3.63) is 12.2 Å². The SMILES string of the molecule is CN(CC#N)C1CC=CC1. The molecule has 0 saturated carbocycles. The molecule has 2 heteroatoms. The van der Waals surface area contributed by atoms with Crippen LogP contribution in [-0.2, 0) is 0 Å². The Hall–Kier alpha value is -0.810. The summed E-state index contributed by atoms with van der Waals surface area (Å²) in [5.74, 6) is 0. The van der Waals surface area contributed by atoms with Crippen LogP contribution >= 0.6 is 0 Å². The van der Waals surface area contributed by atoms with E-state index >= 15 is 0 Å². The molecule has 1 aliphatic rings. The van der Waals surface area contributed by atoms with E-state index in [-0.39, 0.29) is 0 Å². The molecular weight excluding hydrogens is 124 g/mol. The van der Waals surface area contributed by atoms with Gasteiger partial charge in [-0.2, -0.15) is 5.26 Å². The highest BCUT2D eigenvalue weighted by atomic mass is 15.1. The summed E-state index contributed by atoms with van der Waals surface area (Å²) >= 11 is 0. The van der Waals surface area contributed by atoms with Gasteiger partial charge in [0, 0.05) is 6.04 Å². The molecule has 0 spiro atoms. The highest BCUT2D eigenvalue weighted by Crippen LogP contribution is 2.14. The third kappa shape index (κ3) is 1.58. The first-order valence-electron chi connectivity index (χ1n) is 3.57. The van der Waals surface area contributed by atoms with Gasteiger partial charge in [-0.25, -0.2) is 0 Å². The normalized spacial score (nSPS) is 18.1. The van der Waals surface area contributed by atoms with Crippen molar-refractivity contribution in [2.75, 3.05) is 13.6 Å². The molecule has 0 radical (unpaired) electrons. The largest absolute Gasteiger partial charge is 0.290 e. The van der Waals surface area contributed by atoms with E-state index in [0.717, 1.165) is 12.8 Å². The standard InChI is InChI=1S/C8H12N2/c1-10(7-6-9)8-4-2-3-5-8/h2-3,8H,4-5,7H2,1H3.